The highest BCUT2D eigenvalue weighted by Gasteiger charge is 2.15. The molecular formula is C12H17NO2. The maximum absolute atomic E-state index is 5.38. The Kier molecular flexibility index (Phi) is 3.11. The van der Waals surface area contributed by atoms with Crippen LogP contribution in [0.1, 0.15) is 18.1 Å². The largest absolute Gasteiger partial charge is 0.454 e. The monoisotopic (exact) mass is 207 g/mol. The summed E-state index contributed by atoms with van der Waals surface area (Å²) >= 11 is 0. The molecule has 0 aliphatic carbocycles. The van der Waals surface area contributed by atoms with Gasteiger partial charge in [-0.3, -0.25) is 0 Å². The minimum atomic E-state index is 0.355. The minimum Gasteiger partial charge on any atom is -0.454 e. The predicted octanol–water partition coefficient (Wildman–Crippen LogP) is 1.74. The van der Waals surface area contributed by atoms with E-state index in [9.17, 15) is 0 Å². The molecule has 1 aliphatic rings. The van der Waals surface area contributed by atoms with E-state index >= 15 is 0 Å². The number of likely N-dealkylation sites (N-methyl/N-ethyl adjacent to an activating group) is 1. The van der Waals surface area contributed by atoms with E-state index in [-0.39, 0.29) is 0 Å². The predicted molar refractivity (Wildman–Crippen MR) is 59.6 cm³/mol. The number of ether oxygens (including phenoxy) is 2. The third-order valence-electron chi connectivity index (χ3n) is 2.72. The first kappa shape index (κ1) is 10.3. The van der Waals surface area contributed by atoms with Crippen LogP contribution in [0.25, 0.3) is 0 Å². The fraction of sp³-hybridized carbons (Fsp3) is 0.500. The van der Waals surface area contributed by atoms with Crippen LogP contribution in [0.15, 0.2) is 12.1 Å². The molecule has 3 heteroatoms. The summed E-state index contributed by atoms with van der Waals surface area (Å²) < 4.78 is 10.7. The molecule has 1 aromatic rings. The van der Waals surface area contributed by atoms with Crippen molar-refractivity contribution >= 4 is 0 Å². The van der Waals surface area contributed by atoms with Crippen LogP contribution in [0.2, 0.25) is 0 Å². The molecule has 82 valence electrons. The van der Waals surface area contributed by atoms with Crippen LogP contribution in [0.5, 0.6) is 11.5 Å². The van der Waals surface area contributed by atoms with Gasteiger partial charge in [-0.15, -0.1) is 0 Å². The highest BCUT2D eigenvalue weighted by Crippen LogP contribution is 2.35. The van der Waals surface area contributed by atoms with Crippen molar-refractivity contribution in [2.45, 2.75) is 19.8 Å². The second-order valence-corrected chi connectivity index (χ2v) is 3.68. The highest BCUT2D eigenvalue weighted by molar-refractivity contribution is 5.48. The van der Waals surface area contributed by atoms with Gasteiger partial charge in [0.1, 0.15) is 0 Å². The number of rotatable bonds is 4. The number of fused-ring (bicyclic) bond motifs is 1. The molecule has 1 N–H and O–H groups in total. The third-order valence-corrected chi connectivity index (χ3v) is 2.72. The summed E-state index contributed by atoms with van der Waals surface area (Å²) in [7, 11) is 1.97. The third kappa shape index (κ3) is 2.07. The molecular weight excluding hydrogens is 190 g/mol. The Labute approximate surface area is 90.4 Å². The number of hydrogen-bond acceptors (Lipinski definition) is 3. The number of aryl methyl sites for hydroxylation is 1. The zero-order valence-electron chi connectivity index (χ0n) is 9.30. The molecule has 0 bridgehead atoms. The fourth-order valence-electron chi connectivity index (χ4n) is 1.85. The molecule has 1 aromatic carbocycles. The smallest absolute Gasteiger partial charge is 0.231 e. The van der Waals surface area contributed by atoms with Gasteiger partial charge in [0.2, 0.25) is 6.79 Å². The summed E-state index contributed by atoms with van der Waals surface area (Å²) in [6, 6.07) is 4.21. The van der Waals surface area contributed by atoms with Crippen LogP contribution in [-0.2, 0) is 12.8 Å². The average Bonchev–Trinajstić information content (AvgIpc) is 2.71. The Morgan fingerprint density at radius 1 is 1.20 bits per heavy atom. The first-order valence-electron chi connectivity index (χ1n) is 5.41. The van der Waals surface area contributed by atoms with Crippen LogP contribution in [0.4, 0.5) is 0 Å². The van der Waals surface area contributed by atoms with Crippen molar-refractivity contribution in [3.8, 4) is 11.5 Å². The molecule has 15 heavy (non-hydrogen) atoms. The first-order chi connectivity index (χ1) is 7.35. The number of benzene rings is 1. The number of nitrogens with one attached hydrogen (secondary N) is 1. The van der Waals surface area contributed by atoms with E-state index in [4.69, 9.17) is 9.47 Å². The summed E-state index contributed by atoms with van der Waals surface area (Å²) in [6.07, 6.45) is 2.08. The molecule has 0 atom stereocenters. The SMILES string of the molecule is CCc1cc2c(cc1CCNC)OCO2. The zero-order chi connectivity index (χ0) is 10.7. The maximum atomic E-state index is 5.38. The lowest BCUT2D eigenvalue weighted by Gasteiger charge is -2.09. The van der Waals surface area contributed by atoms with Crippen molar-refractivity contribution in [1.29, 1.82) is 0 Å². The Morgan fingerprint density at radius 3 is 2.47 bits per heavy atom. The molecule has 0 radical (unpaired) electrons. The van der Waals surface area contributed by atoms with Crippen LogP contribution in [0, 0.1) is 0 Å². The van der Waals surface area contributed by atoms with Crippen LogP contribution >= 0.6 is 0 Å². The summed E-state index contributed by atoms with van der Waals surface area (Å²) in [6.45, 7) is 3.51. The summed E-state index contributed by atoms with van der Waals surface area (Å²) in [4.78, 5) is 0. The molecule has 0 saturated heterocycles. The Balaban J connectivity index is 2.27. The fourth-order valence-corrected chi connectivity index (χ4v) is 1.85. The molecule has 0 spiro atoms. The lowest BCUT2D eigenvalue weighted by Crippen LogP contribution is -2.11. The van der Waals surface area contributed by atoms with E-state index in [2.05, 4.69) is 24.4 Å². The van der Waals surface area contributed by atoms with Crippen LogP contribution in [0.3, 0.4) is 0 Å². The van der Waals surface area contributed by atoms with Crippen molar-refractivity contribution < 1.29 is 9.47 Å². The molecule has 0 saturated carbocycles. The minimum absolute atomic E-state index is 0.355. The van der Waals surface area contributed by atoms with E-state index in [1.54, 1.807) is 0 Å². The van der Waals surface area contributed by atoms with Gasteiger partial charge in [0.05, 0.1) is 0 Å². The molecule has 2 rings (SSSR count). The topological polar surface area (TPSA) is 30.5 Å². The van der Waals surface area contributed by atoms with Crippen molar-refractivity contribution in [2.24, 2.45) is 0 Å². The van der Waals surface area contributed by atoms with Gasteiger partial charge in [-0.25, -0.2) is 0 Å². The van der Waals surface area contributed by atoms with Gasteiger partial charge in [-0.2, -0.15) is 0 Å². The van der Waals surface area contributed by atoms with Gasteiger partial charge in [0, 0.05) is 0 Å². The zero-order valence-corrected chi connectivity index (χ0v) is 9.30. The van der Waals surface area contributed by atoms with Gasteiger partial charge in [-0.05, 0) is 49.7 Å². The molecule has 3 nitrogen and oxygen atoms in total. The molecule has 1 heterocycles. The number of hydrogen-bond donors (Lipinski definition) is 1. The van der Waals surface area contributed by atoms with E-state index in [1.807, 2.05) is 7.05 Å². The Bertz CT molecular complexity index is 350. The van der Waals surface area contributed by atoms with Crippen molar-refractivity contribution in [3.63, 3.8) is 0 Å². The van der Waals surface area contributed by atoms with E-state index in [0.717, 1.165) is 30.9 Å². The molecule has 0 fully saturated rings. The Morgan fingerprint density at radius 2 is 1.87 bits per heavy atom. The molecule has 1 aliphatic heterocycles. The highest BCUT2D eigenvalue weighted by atomic mass is 16.7. The van der Waals surface area contributed by atoms with Crippen LogP contribution in [-0.4, -0.2) is 20.4 Å². The quantitative estimate of drug-likeness (QED) is 0.815. The normalized spacial score (nSPS) is 13.2. The van der Waals surface area contributed by atoms with Gasteiger partial charge in [0.15, 0.2) is 11.5 Å². The molecule has 0 unspecified atom stereocenters. The van der Waals surface area contributed by atoms with Crippen molar-refractivity contribution in [1.82, 2.24) is 5.32 Å². The van der Waals surface area contributed by atoms with Gasteiger partial charge < -0.3 is 14.8 Å². The van der Waals surface area contributed by atoms with E-state index in [1.165, 1.54) is 11.1 Å². The van der Waals surface area contributed by atoms with Gasteiger partial charge in [-0.1, -0.05) is 6.92 Å². The Hall–Kier alpha value is -1.22. The second kappa shape index (κ2) is 4.53. The van der Waals surface area contributed by atoms with E-state index < -0.39 is 0 Å². The summed E-state index contributed by atoms with van der Waals surface area (Å²) in [5.41, 5.74) is 2.71. The summed E-state index contributed by atoms with van der Waals surface area (Å²) in [5, 5.41) is 3.16. The molecule has 0 amide bonds. The lowest BCUT2D eigenvalue weighted by molar-refractivity contribution is 0.174. The standard InChI is InChI=1S/C12H17NO2/c1-3-9-6-11-12(15-8-14-11)7-10(9)4-5-13-2/h6-7,13H,3-5,8H2,1-2H3. The summed E-state index contributed by atoms with van der Waals surface area (Å²) in [5.74, 6) is 1.78. The second-order valence-electron chi connectivity index (χ2n) is 3.68. The van der Waals surface area contributed by atoms with Gasteiger partial charge in [0.25, 0.3) is 0 Å². The van der Waals surface area contributed by atoms with E-state index in [0.29, 0.717) is 6.79 Å². The van der Waals surface area contributed by atoms with Crippen molar-refractivity contribution in [2.75, 3.05) is 20.4 Å². The molecule has 0 aromatic heterocycles. The maximum Gasteiger partial charge on any atom is 0.231 e. The van der Waals surface area contributed by atoms with Crippen LogP contribution < -0.4 is 14.8 Å². The first-order valence-corrected chi connectivity index (χ1v) is 5.41. The lowest BCUT2D eigenvalue weighted by atomic mass is 10.0. The van der Waals surface area contributed by atoms with Gasteiger partial charge >= 0.3 is 0 Å². The average molecular weight is 207 g/mol. The van der Waals surface area contributed by atoms with Crippen molar-refractivity contribution in [3.05, 3.63) is 23.3 Å².